The quantitative estimate of drug-likeness (QED) is 0.585. The van der Waals surface area contributed by atoms with Crippen LogP contribution in [-0.4, -0.2) is 44.4 Å². The number of rotatable bonds is 6. The molecule has 0 spiro atoms. The van der Waals surface area contributed by atoms with Crippen molar-refractivity contribution in [2.75, 3.05) is 18.5 Å². The predicted octanol–water partition coefficient (Wildman–Crippen LogP) is 2.44. The number of amides is 1. The topological polar surface area (TPSA) is 134 Å². The van der Waals surface area contributed by atoms with E-state index in [9.17, 15) is 23.1 Å². The van der Waals surface area contributed by atoms with Gasteiger partial charge >= 0.3 is 5.97 Å². The van der Waals surface area contributed by atoms with Crippen molar-refractivity contribution < 1.29 is 27.9 Å². The van der Waals surface area contributed by atoms with Crippen molar-refractivity contribution >= 4 is 33.4 Å². The lowest BCUT2D eigenvalue weighted by molar-refractivity contribution is -0.119. The molecule has 10 heteroatoms. The van der Waals surface area contributed by atoms with Crippen molar-refractivity contribution in [3.05, 3.63) is 54.1 Å². The van der Waals surface area contributed by atoms with Crippen molar-refractivity contribution in [1.29, 1.82) is 0 Å². The van der Waals surface area contributed by atoms with Gasteiger partial charge in [0, 0.05) is 18.7 Å². The zero-order valence-electron chi connectivity index (χ0n) is 16.7. The number of anilines is 1. The number of benzene rings is 2. The van der Waals surface area contributed by atoms with Gasteiger partial charge in [0.05, 0.1) is 10.5 Å². The number of carbonyl (C=O) groups is 2. The second-order valence-electron chi connectivity index (χ2n) is 6.95. The Balaban J connectivity index is 1.59. The van der Waals surface area contributed by atoms with Gasteiger partial charge in [-0.2, -0.15) is 0 Å². The first kappa shape index (κ1) is 22.3. The Bertz CT molecular complexity index is 1100. The van der Waals surface area contributed by atoms with Gasteiger partial charge in [-0.3, -0.25) is 14.5 Å². The lowest BCUT2D eigenvalue weighted by atomic mass is 10.2. The van der Waals surface area contributed by atoms with Crippen LogP contribution in [0.2, 0.25) is 0 Å². The third kappa shape index (κ3) is 6.54. The van der Waals surface area contributed by atoms with Gasteiger partial charge in [0.1, 0.15) is 11.6 Å². The lowest BCUT2D eigenvalue weighted by Crippen LogP contribution is -2.30. The van der Waals surface area contributed by atoms with E-state index in [0.29, 0.717) is 18.8 Å². The highest BCUT2D eigenvalue weighted by Gasteiger charge is 2.18. The van der Waals surface area contributed by atoms with E-state index in [4.69, 9.17) is 4.74 Å². The van der Waals surface area contributed by atoms with E-state index in [0.717, 1.165) is 19.3 Å². The summed E-state index contributed by atoms with van der Waals surface area (Å²) in [7, 11) is -3.84. The maximum Gasteiger partial charge on any atom is 0.338 e. The smallest absolute Gasteiger partial charge is 0.338 e. The number of ether oxygens (including phenoxy) is 1. The summed E-state index contributed by atoms with van der Waals surface area (Å²) in [6, 6.07) is 11.3. The van der Waals surface area contributed by atoms with E-state index in [-0.39, 0.29) is 21.9 Å². The second-order valence-corrected chi connectivity index (χ2v) is 8.63. The van der Waals surface area contributed by atoms with E-state index < -0.39 is 28.5 Å². The first-order valence-electron chi connectivity index (χ1n) is 9.76. The van der Waals surface area contributed by atoms with E-state index in [1.807, 2.05) is 0 Å². The number of nitrogens with zero attached hydrogens (tertiary/aromatic N) is 1. The molecule has 0 aliphatic carbocycles. The van der Waals surface area contributed by atoms with Gasteiger partial charge in [-0.15, -0.1) is 0 Å². The molecule has 164 valence electrons. The molecule has 0 radical (unpaired) electrons. The highest BCUT2D eigenvalue weighted by atomic mass is 32.2. The predicted molar refractivity (Wildman–Crippen MR) is 115 cm³/mol. The molecule has 1 aliphatic rings. The molecule has 9 nitrogen and oxygen atoms in total. The van der Waals surface area contributed by atoms with Crippen LogP contribution in [0.5, 0.6) is 5.75 Å². The molecule has 0 bridgehead atoms. The molecular weight excluding hydrogens is 422 g/mol. The number of sulfonamides is 1. The number of carbonyl (C=O) groups excluding carboxylic acids is 2. The number of aromatic hydroxyl groups is 1. The average molecular weight is 445 g/mol. The molecule has 3 rings (SSSR count). The number of amidine groups is 1. The molecule has 2 aromatic rings. The molecule has 1 amide bonds. The van der Waals surface area contributed by atoms with Crippen LogP contribution in [-0.2, 0) is 19.6 Å². The number of phenols is 1. The molecule has 0 saturated heterocycles. The number of hydrogen-bond donors (Lipinski definition) is 3. The Labute approximate surface area is 180 Å². The summed E-state index contributed by atoms with van der Waals surface area (Å²) in [5.41, 5.74) is 0.345. The summed E-state index contributed by atoms with van der Waals surface area (Å²) in [5, 5.41) is 11.9. The Morgan fingerprint density at radius 3 is 2.68 bits per heavy atom. The van der Waals surface area contributed by atoms with Crippen LogP contribution < -0.4 is 10.0 Å². The van der Waals surface area contributed by atoms with Crippen molar-refractivity contribution in [2.24, 2.45) is 4.99 Å². The number of aliphatic imine (C=N–C) groups is 1. The normalized spacial score (nSPS) is 14.1. The van der Waals surface area contributed by atoms with Gasteiger partial charge in [0.25, 0.3) is 15.9 Å². The van der Waals surface area contributed by atoms with Gasteiger partial charge in [-0.25, -0.2) is 13.2 Å². The summed E-state index contributed by atoms with van der Waals surface area (Å²) in [4.78, 5) is 28.3. The molecule has 31 heavy (non-hydrogen) atoms. The van der Waals surface area contributed by atoms with Crippen LogP contribution in [0.1, 0.15) is 36.0 Å². The third-order valence-electron chi connectivity index (χ3n) is 4.47. The van der Waals surface area contributed by atoms with Crippen molar-refractivity contribution in [3.8, 4) is 5.75 Å². The van der Waals surface area contributed by atoms with Crippen LogP contribution in [0.4, 0.5) is 5.69 Å². The second kappa shape index (κ2) is 10.1. The Hall–Kier alpha value is -3.40. The zero-order chi connectivity index (χ0) is 22.3. The largest absolute Gasteiger partial charge is 0.508 e. The van der Waals surface area contributed by atoms with Crippen molar-refractivity contribution in [1.82, 2.24) is 4.72 Å². The minimum atomic E-state index is -3.84. The number of phenolic OH excluding ortho intramolecular Hbond substituents is 1. The molecule has 0 atom stereocenters. The van der Waals surface area contributed by atoms with E-state index in [1.54, 1.807) is 0 Å². The van der Waals surface area contributed by atoms with Crippen LogP contribution in [0.15, 0.2) is 58.4 Å². The fourth-order valence-electron chi connectivity index (χ4n) is 2.96. The first-order chi connectivity index (χ1) is 14.8. The SMILES string of the molecule is O=C(COC(=O)c1cccc(O)c1)Nc1cccc(S(=O)(=O)NC2=NCCCCC2)c1. The first-order valence-corrected chi connectivity index (χ1v) is 11.2. The molecule has 0 saturated carbocycles. The van der Waals surface area contributed by atoms with Crippen LogP contribution in [0.3, 0.4) is 0 Å². The Morgan fingerprint density at radius 1 is 1.06 bits per heavy atom. The highest BCUT2D eigenvalue weighted by Crippen LogP contribution is 2.17. The van der Waals surface area contributed by atoms with Gasteiger partial charge < -0.3 is 15.2 Å². The minimum Gasteiger partial charge on any atom is -0.508 e. The molecular formula is C21H23N3O6S. The molecule has 0 aromatic heterocycles. The fraction of sp³-hybridized carbons (Fsp3) is 0.286. The number of nitrogens with one attached hydrogen (secondary N) is 2. The van der Waals surface area contributed by atoms with Crippen molar-refractivity contribution in [3.63, 3.8) is 0 Å². The number of esters is 1. The molecule has 1 heterocycles. The Kier molecular flexibility index (Phi) is 7.24. The van der Waals surface area contributed by atoms with Crippen LogP contribution in [0, 0.1) is 0 Å². The summed E-state index contributed by atoms with van der Waals surface area (Å²) >= 11 is 0. The summed E-state index contributed by atoms with van der Waals surface area (Å²) in [6.07, 6.45) is 3.38. The summed E-state index contributed by atoms with van der Waals surface area (Å²) in [5.74, 6) is -1.06. The summed E-state index contributed by atoms with van der Waals surface area (Å²) in [6.45, 7) is 0.0236. The maximum atomic E-state index is 12.7. The minimum absolute atomic E-state index is 0.0194. The third-order valence-corrected chi connectivity index (χ3v) is 5.85. The van der Waals surface area contributed by atoms with Gasteiger partial charge in [0.15, 0.2) is 6.61 Å². The number of hydrogen-bond acceptors (Lipinski definition) is 7. The monoisotopic (exact) mass is 445 g/mol. The molecule has 1 aliphatic heterocycles. The maximum absolute atomic E-state index is 12.7. The van der Waals surface area contributed by atoms with Crippen LogP contribution in [0.25, 0.3) is 0 Å². The average Bonchev–Trinajstić information content (AvgIpc) is 3.00. The zero-order valence-corrected chi connectivity index (χ0v) is 17.5. The van der Waals surface area contributed by atoms with Gasteiger partial charge in [0.2, 0.25) is 0 Å². The Morgan fingerprint density at radius 2 is 1.87 bits per heavy atom. The van der Waals surface area contributed by atoms with Crippen LogP contribution >= 0.6 is 0 Å². The molecule has 0 unspecified atom stereocenters. The van der Waals surface area contributed by atoms with Gasteiger partial charge in [-0.05, 0) is 49.2 Å². The van der Waals surface area contributed by atoms with Crippen molar-refractivity contribution in [2.45, 2.75) is 30.6 Å². The lowest BCUT2D eigenvalue weighted by Gasteiger charge is -2.11. The molecule has 3 N–H and O–H groups in total. The van der Waals surface area contributed by atoms with E-state index in [1.165, 1.54) is 48.5 Å². The fourth-order valence-corrected chi connectivity index (χ4v) is 4.09. The molecule has 2 aromatic carbocycles. The van der Waals surface area contributed by atoms with E-state index in [2.05, 4.69) is 15.0 Å². The molecule has 0 fully saturated rings. The standard InChI is InChI=1S/C21H23N3O6S/c25-17-8-4-6-15(12-17)21(27)30-14-20(26)23-16-7-5-9-18(13-16)31(28,29)24-19-10-2-1-3-11-22-19/h4-9,12-13,25H,1-3,10-11,14H2,(H,22,24)(H,23,26). The van der Waals surface area contributed by atoms with Gasteiger partial charge in [-0.1, -0.05) is 18.6 Å². The van der Waals surface area contributed by atoms with E-state index >= 15 is 0 Å². The highest BCUT2D eigenvalue weighted by molar-refractivity contribution is 7.90. The summed E-state index contributed by atoms with van der Waals surface area (Å²) < 4.78 is 32.7.